The van der Waals surface area contributed by atoms with Crippen molar-refractivity contribution < 1.29 is 9.79 Å². The van der Waals surface area contributed by atoms with Gasteiger partial charge in [0.15, 0.2) is 8.38 Å². The third kappa shape index (κ3) is 5.14. The van der Waals surface area contributed by atoms with Crippen LogP contribution in [0.15, 0.2) is 66.7 Å². The Morgan fingerprint density at radius 2 is 1.24 bits per heavy atom. The molecule has 0 radical (unpaired) electrons. The molecule has 0 spiro atoms. The summed E-state index contributed by atoms with van der Waals surface area (Å²) in [5.41, 5.74) is 6.99. The SMILES string of the molecule is CCCCc1cccc(CCCC)c1-c1c(-c2ccccc2)cccc1P(O)O. The molecule has 0 saturated carbocycles. The van der Waals surface area contributed by atoms with Crippen LogP contribution >= 0.6 is 8.38 Å². The van der Waals surface area contributed by atoms with Crippen LogP contribution in [0.5, 0.6) is 0 Å². The lowest BCUT2D eigenvalue weighted by atomic mass is 9.85. The number of aryl methyl sites for hydroxylation is 2. The van der Waals surface area contributed by atoms with E-state index in [0.717, 1.165) is 55.2 Å². The van der Waals surface area contributed by atoms with Crippen molar-refractivity contribution in [3.63, 3.8) is 0 Å². The van der Waals surface area contributed by atoms with Gasteiger partial charge in [-0.05, 0) is 59.6 Å². The molecule has 3 aromatic rings. The number of unbranched alkanes of at least 4 members (excludes halogenated alkanes) is 2. The zero-order chi connectivity index (χ0) is 20.6. The van der Waals surface area contributed by atoms with Crippen LogP contribution in [0.1, 0.15) is 50.7 Å². The highest BCUT2D eigenvalue weighted by molar-refractivity contribution is 7.54. The Morgan fingerprint density at radius 3 is 1.79 bits per heavy atom. The molecule has 0 aliphatic carbocycles. The summed E-state index contributed by atoms with van der Waals surface area (Å²) in [5, 5.41) is 0.642. The van der Waals surface area contributed by atoms with Crippen molar-refractivity contribution in [3.05, 3.63) is 77.9 Å². The van der Waals surface area contributed by atoms with Gasteiger partial charge in [-0.2, -0.15) is 0 Å². The lowest BCUT2D eigenvalue weighted by Gasteiger charge is -2.22. The monoisotopic (exact) mass is 406 g/mol. The van der Waals surface area contributed by atoms with Gasteiger partial charge in [0.1, 0.15) is 0 Å². The third-order valence-electron chi connectivity index (χ3n) is 5.43. The van der Waals surface area contributed by atoms with Gasteiger partial charge in [-0.25, -0.2) is 0 Å². The molecule has 3 rings (SSSR count). The fraction of sp³-hybridized carbons (Fsp3) is 0.308. The lowest BCUT2D eigenvalue weighted by molar-refractivity contribution is 0.497. The van der Waals surface area contributed by atoms with E-state index in [1.165, 1.54) is 16.7 Å². The Labute approximate surface area is 176 Å². The van der Waals surface area contributed by atoms with Crippen LogP contribution < -0.4 is 5.30 Å². The fourth-order valence-electron chi connectivity index (χ4n) is 3.95. The summed E-state index contributed by atoms with van der Waals surface area (Å²) in [5.74, 6) is 0. The number of hydrogen-bond acceptors (Lipinski definition) is 2. The van der Waals surface area contributed by atoms with Gasteiger partial charge in [0, 0.05) is 10.9 Å². The Bertz CT molecular complexity index is 893. The number of rotatable bonds is 9. The zero-order valence-electron chi connectivity index (χ0n) is 17.4. The van der Waals surface area contributed by atoms with Crippen LogP contribution in [0.3, 0.4) is 0 Å². The van der Waals surface area contributed by atoms with Crippen molar-refractivity contribution >= 4 is 13.7 Å². The molecule has 152 valence electrons. The maximum Gasteiger partial charge on any atom is 0.200 e. The molecular weight excluding hydrogens is 375 g/mol. The summed E-state index contributed by atoms with van der Waals surface area (Å²) in [6.45, 7) is 4.43. The first-order valence-corrected chi connectivity index (χ1v) is 11.9. The topological polar surface area (TPSA) is 40.5 Å². The molecule has 2 nitrogen and oxygen atoms in total. The minimum Gasteiger partial charge on any atom is -0.347 e. The first-order valence-electron chi connectivity index (χ1n) is 10.6. The van der Waals surface area contributed by atoms with E-state index in [0.29, 0.717) is 5.30 Å². The molecule has 29 heavy (non-hydrogen) atoms. The van der Waals surface area contributed by atoms with Crippen LogP contribution in [0, 0.1) is 0 Å². The maximum atomic E-state index is 10.3. The molecule has 3 aromatic carbocycles. The van der Waals surface area contributed by atoms with Crippen LogP contribution in [0.25, 0.3) is 22.3 Å². The molecule has 0 bridgehead atoms. The molecule has 3 heteroatoms. The van der Waals surface area contributed by atoms with Crippen LogP contribution in [-0.4, -0.2) is 9.79 Å². The molecular formula is C26H31O2P. The summed E-state index contributed by atoms with van der Waals surface area (Å²) >= 11 is 0. The van der Waals surface area contributed by atoms with Gasteiger partial charge in [-0.15, -0.1) is 0 Å². The second kappa shape index (κ2) is 10.7. The van der Waals surface area contributed by atoms with Gasteiger partial charge in [-0.1, -0.05) is 87.4 Å². The van der Waals surface area contributed by atoms with Crippen molar-refractivity contribution in [3.8, 4) is 22.3 Å². The maximum absolute atomic E-state index is 10.3. The van der Waals surface area contributed by atoms with Gasteiger partial charge in [-0.3, -0.25) is 0 Å². The lowest BCUT2D eigenvalue weighted by Crippen LogP contribution is -2.10. The predicted octanol–water partition coefficient (Wildman–Crippen LogP) is 6.63. The van der Waals surface area contributed by atoms with Crippen molar-refractivity contribution in [2.24, 2.45) is 0 Å². The van der Waals surface area contributed by atoms with Crippen molar-refractivity contribution in [1.29, 1.82) is 0 Å². The summed E-state index contributed by atoms with van der Waals surface area (Å²) in [7, 11) is -2.20. The normalized spacial score (nSPS) is 11.2. The molecule has 0 saturated heterocycles. The van der Waals surface area contributed by atoms with E-state index < -0.39 is 8.38 Å². The molecule has 2 N–H and O–H groups in total. The number of hydrogen-bond donors (Lipinski definition) is 2. The van der Waals surface area contributed by atoms with E-state index in [1.54, 1.807) is 0 Å². The summed E-state index contributed by atoms with van der Waals surface area (Å²) in [6.07, 6.45) is 6.53. The summed E-state index contributed by atoms with van der Waals surface area (Å²) in [4.78, 5) is 20.6. The average Bonchev–Trinajstić information content (AvgIpc) is 2.76. The third-order valence-corrected chi connectivity index (χ3v) is 6.23. The zero-order valence-corrected chi connectivity index (χ0v) is 18.3. The molecule has 0 aliphatic heterocycles. The Balaban J connectivity index is 2.31. The predicted molar refractivity (Wildman–Crippen MR) is 126 cm³/mol. The van der Waals surface area contributed by atoms with Crippen LogP contribution in [-0.2, 0) is 12.8 Å². The Kier molecular flexibility index (Phi) is 8.00. The molecule has 0 heterocycles. The van der Waals surface area contributed by atoms with E-state index in [9.17, 15) is 9.79 Å². The van der Waals surface area contributed by atoms with E-state index in [-0.39, 0.29) is 0 Å². The molecule has 0 atom stereocenters. The second-order valence-electron chi connectivity index (χ2n) is 7.51. The summed E-state index contributed by atoms with van der Waals surface area (Å²) < 4.78 is 0. The van der Waals surface area contributed by atoms with Gasteiger partial charge >= 0.3 is 0 Å². The highest BCUT2D eigenvalue weighted by Gasteiger charge is 2.21. The molecule has 0 fully saturated rings. The average molecular weight is 407 g/mol. The standard InChI is InChI=1S/C26H31O2P/c1-3-5-12-21-16-10-17-22(13-6-4-2)25(21)26-23(20-14-8-7-9-15-20)18-11-19-24(26)29(27)28/h7-11,14-19,27-28H,3-6,12-13H2,1-2H3. The Hall–Kier alpha value is -1.99. The molecule has 0 unspecified atom stereocenters. The Morgan fingerprint density at radius 1 is 0.655 bits per heavy atom. The van der Waals surface area contributed by atoms with E-state index >= 15 is 0 Å². The molecule has 0 amide bonds. The quantitative estimate of drug-likeness (QED) is 0.392. The number of benzene rings is 3. The first kappa shape index (κ1) is 21.7. The van der Waals surface area contributed by atoms with E-state index in [1.807, 2.05) is 30.3 Å². The van der Waals surface area contributed by atoms with Crippen molar-refractivity contribution in [2.45, 2.75) is 52.4 Å². The van der Waals surface area contributed by atoms with Gasteiger partial charge < -0.3 is 9.79 Å². The largest absolute Gasteiger partial charge is 0.347 e. The van der Waals surface area contributed by atoms with Crippen molar-refractivity contribution in [1.82, 2.24) is 0 Å². The van der Waals surface area contributed by atoms with Gasteiger partial charge in [0.25, 0.3) is 0 Å². The smallest absolute Gasteiger partial charge is 0.200 e. The van der Waals surface area contributed by atoms with Crippen LogP contribution in [0.4, 0.5) is 0 Å². The van der Waals surface area contributed by atoms with Gasteiger partial charge in [0.05, 0.1) is 0 Å². The molecule has 0 aliphatic rings. The first-order chi connectivity index (χ1) is 14.2. The molecule has 0 aromatic heterocycles. The van der Waals surface area contributed by atoms with Gasteiger partial charge in [0.2, 0.25) is 0 Å². The van der Waals surface area contributed by atoms with Crippen molar-refractivity contribution in [2.75, 3.05) is 0 Å². The van der Waals surface area contributed by atoms with Crippen LogP contribution in [0.2, 0.25) is 0 Å². The highest BCUT2D eigenvalue weighted by atomic mass is 31.2. The highest BCUT2D eigenvalue weighted by Crippen LogP contribution is 2.41. The minimum absolute atomic E-state index is 0.642. The fourth-order valence-corrected chi connectivity index (χ4v) is 4.61. The second-order valence-corrected chi connectivity index (χ2v) is 8.57. The van der Waals surface area contributed by atoms with E-state index in [2.05, 4.69) is 50.2 Å². The van der Waals surface area contributed by atoms with E-state index in [4.69, 9.17) is 0 Å². The minimum atomic E-state index is -2.20. The summed E-state index contributed by atoms with van der Waals surface area (Å²) in [6, 6.07) is 22.8.